The Morgan fingerprint density at radius 2 is 1.68 bits per heavy atom. The lowest BCUT2D eigenvalue weighted by Crippen LogP contribution is -2.19. The largest absolute Gasteiger partial charge is 0.326 e. The summed E-state index contributed by atoms with van der Waals surface area (Å²) in [5, 5.41) is 17.2. The lowest BCUT2D eigenvalue weighted by Gasteiger charge is -2.09. The summed E-state index contributed by atoms with van der Waals surface area (Å²) in [5.41, 5.74) is 1.97. The van der Waals surface area contributed by atoms with Gasteiger partial charge in [-0.1, -0.05) is 31.3 Å². The van der Waals surface area contributed by atoms with E-state index in [0.717, 1.165) is 0 Å². The molecule has 0 unspecified atom stereocenters. The highest BCUT2D eigenvalue weighted by Crippen LogP contribution is 2.24. The molecule has 0 atom stereocenters. The number of carbonyl (C=O) groups is 2. The van der Waals surface area contributed by atoms with Gasteiger partial charge >= 0.3 is 6.03 Å². The predicted molar refractivity (Wildman–Crippen MR) is 110 cm³/mol. The Morgan fingerprint density at radius 3 is 2.32 bits per heavy atom. The molecule has 0 aliphatic heterocycles. The molecule has 1 aromatic carbocycles. The van der Waals surface area contributed by atoms with Gasteiger partial charge in [-0.05, 0) is 42.3 Å². The maximum atomic E-state index is 12.1. The Morgan fingerprint density at radius 1 is 0.964 bits per heavy atom. The topological polar surface area (TPSA) is 109 Å². The smallest absolute Gasteiger partial charge is 0.325 e. The zero-order valence-electron chi connectivity index (χ0n) is 15.5. The molecule has 28 heavy (non-hydrogen) atoms. The van der Waals surface area contributed by atoms with Gasteiger partial charge in [-0.15, -0.1) is 10.2 Å². The van der Waals surface area contributed by atoms with E-state index in [2.05, 4.69) is 31.1 Å². The third-order valence-corrected chi connectivity index (χ3v) is 4.41. The second kappa shape index (κ2) is 9.05. The molecule has 3 amide bonds. The highest BCUT2D eigenvalue weighted by molar-refractivity contribution is 7.18. The first-order valence-corrected chi connectivity index (χ1v) is 9.54. The van der Waals surface area contributed by atoms with E-state index in [1.54, 1.807) is 30.5 Å². The molecular weight excluding hydrogens is 376 g/mol. The van der Waals surface area contributed by atoms with Crippen LogP contribution < -0.4 is 16.0 Å². The summed E-state index contributed by atoms with van der Waals surface area (Å²) in [7, 11) is 0. The number of benzene rings is 1. The number of rotatable bonds is 6. The fourth-order valence-electron chi connectivity index (χ4n) is 2.35. The fourth-order valence-corrected chi connectivity index (χ4v) is 3.06. The van der Waals surface area contributed by atoms with Gasteiger partial charge in [0.05, 0.1) is 0 Å². The molecule has 0 bridgehead atoms. The number of hydrogen-bond acceptors (Lipinski definition) is 6. The number of hydrogen-bond donors (Lipinski definition) is 3. The number of urea groups is 1. The minimum Gasteiger partial charge on any atom is -0.326 e. The molecule has 0 saturated carbocycles. The summed E-state index contributed by atoms with van der Waals surface area (Å²) in [4.78, 5) is 28.1. The van der Waals surface area contributed by atoms with E-state index in [1.165, 1.54) is 11.3 Å². The van der Waals surface area contributed by atoms with E-state index in [4.69, 9.17) is 0 Å². The molecule has 0 radical (unpaired) electrons. The summed E-state index contributed by atoms with van der Waals surface area (Å²) in [6.45, 7) is 3.98. The van der Waals surface area contributed by atoms with E-state index in [1.807, 2.05) is 32.0 Å². The average molecular weight is 396 g/mol. The second-order valence-electron chi connectivity index (χ2n) is 6.43. The molecule has 0 spiro atoms. The number of nitrogens with zero attached hydrogens (tertiary/aromatic N) is 3. The van der Waals surface area contributed by atoms with Crippen molar-refractivity contribution in [2.45, 2.75) is 20.3 Å². The Bertz CT molecular complexity index is 941. The van der Waals surface area contributed by atoms with Crippen LogP contribution in [0.15, 0.2) is 48.7 Å². The number of carbonyl (C=O) groups excluding carboxylic acids is 2. The van der Waals surface area contributed by atoms with Gasteiger partial charge in [0, 0.05) is 24.0 Å². The molecule has 2 heterocycles. The van der Waals surface area contributed by atoms with Crippen molar-refractivity contribution >= 4 is 39.8 Å². The van der Waals surface area contributed by atoms with Crippen LogP contribution >= 0.6 is 11.3 Å². The van der Waals surface area contributed by atoms with Crippen molar-refractivity contribution in [1.82, 2.24) is 15.2 Å². The summed E-state index contributed by atoms with van der Waals surface area (Å²) < 4.78 is 0. The standard InChI is InChI=1S/C19H20N6O2S/c1-12(2)11-16(26)21-13-6-8-14(9-7-13)22-18(27)23-19-25-24-17(28-19)15-5-3-4-10-20-15/h3-10,12H,11H2,1-2H3,(H,21,26)(H2,22,23,25,27). The van der Waals surface area contributed by atoms with Gasteiger partial charge in [-0.25, -0.2) is 4.79 Å². The second-order valence-corrected chi connectivity index (χ2v) is 7.41. The van der Waals surface area contributed by atoms with Gasteiger partial charge in [-0.2, -0.15) is 0 Å². The first kappa shape index (κ1) is 19.4. The van der Waals surface area contributed by atoms with Gasteiger partial charge in [-0.3, -0.25) is 15.1 Å². The molecule has 0 aliphatic carbocycles. The van der Waals surface area contributed by atoms with Crippen molar-refractivity contribution in [3.63, 3.8) is 0 Å². The molecule has 144 valence electrons. The van der Waals surface area contributed by atoms with Crippen LogP contribution in [0.3, 0.4) is 0 Å². The molecule has 8 nitrogen and oxygen atoms in total. The normalized spacial score (nSPS) is 10.5. The number of nitrogens with one attached hydrogen (secondary N) is 3. The van der Waals surface area contributed by atoms with Crippen LogP contribution in [0.25, 0.3) is 10.7 Å². The predicted octanol–water partition coefficient (Wildman–Crippen LogP) is 4.23. The average Bonchev–Trinajstić information content (AvgIpc) is 3.12. The monoisotopic (exact) mass is 396 g/mol. The van der Waals surface area contributed by atoms with Gasteiger partial charge in [0.2, 0.25) is 11.0 Å². The number of pyridine rings is 1. The van der Waals surface area contributed by atoms with E-state index >= 15 is 0 Å². The Balaban J connectivity index is 1.54. The van der Waals surface area contributed by atoms with Gasteiger partial charge < -0.3 is 10.6 Å². The Hall–Kier alpha value is -3.33. The van der Waals surface area contributed by atoms with Crippen LogP contribution in [0.4, 0.5) is 21.3 Å². The third-order valence-electron chi connectivity index (χ3n) is 3.55. The minimum absolute atomic E-state index is 0.0339. The molecule has 0 saturated heterocycles. The van der Waals surface area contributed by atoms with E-state index in [0.29, 0.717) is 39.5 Å². The first-order valence-electron chi connectivity index (χ1n) is 8.72. The van der Waals surface area contributed by atoms with Gasteiger partial charge in [0.15, 0.2) is 5.01 Å². The zero-order chi connectivity index (χ0) is 19.9. The van der Waals surface area contributed by atoms with E-state index < -0.39 is 6.03 Å². The first-order chi connectivity index (χ1) is 13.5. The van der Waals surface area contributed by atoms with Gasteiger partial charge in [0.1, 0.15) is 5.69 Å². The van der Waals surface area contributed by atoms with Crippen LogP contribution in [-0.2, 0) is 4.79 Å². The van der Waals surface area contributed by atoms with Crippen LogP contribution in [-0.4, -0.2) is 27.1 Å². The molecular formula is C19H20N6O2S. The zero-order valence-corrected chi connectivity index (χ0v) is 16.3. The number of anilines is 3. The minimum atomic E-state index is -0.430. The quantitative estimate of drug-likeness (QED) is 0.578. The maximum absolute atomic E-state index is 12.1. The summed E-state index contributed by atoms with van der Waals surface area (Å²) in [6.07, 6.45) is 2.14. The van der Waals surface area contributed by atoms with Crippen molar-refractivity contribution in [2.24, 2.45) is 5.92 Å². The maximum Gasteiger partial charge on any atom is 0.325 e. The molecule has 3 rings (SSSR count). The lowest BCUT2D eigenvalue weighted by molar-refractivity contribution is -0.116. The fraction of sp³-hybridized carbons (Fsp3) is 0.211. The molecule has 3 N–H and O–H groups in total. The van der Waals surface area contributed by atoms with Crippen molar-refractivity contribution in [2.75, 3.05) is 16.0 Å². The summed E-state index contributed by atoms with van der Waals surface area (Å²) in [6, 6.07) is 12.0. The van der Waals surface area contributed by atoms with Crippen LogP contribution in [0.5, 0.6) is 0 Å². The highest BCUT2D eigenvalue weighted by atomic mass is 32.1. The Kier molecular flexibility index (Phi) is 6.28. The lowest BCUT2D eigenvalue weighted by atomic mass is 10.1. The molecule has 2 aromatic heterocycles. The van der Waals surface area contributed by atoms with Crippen molar-refractivity contribution in [3.05, 3.63) is 48.7 Å². The third kappa shape index (κ3) is 5.58. The van der Waals surface area contributed by atoms with Crippen LogP contribution in [0.2, 0.25) is 0 Å². The van der Waals surface area contributed by atoms with Crippen LogP contribution in [0, 0.1) is 5.92 Å². The SMILES string of the molecule is CC(C)CC(=O)Nc1ccc(NC(=O)Nc2nnc(-c3ccccn3)s2)cc1. The number of aromatic nitrogens is 3. The van der Waals surface area contributed by atoms with Crippen molar-refractivity contribution in [3.8, 4) is 10.7 Å². The number of amides is 3. The van der Waals surface area contributed by atoms with Crippen molar-refractivity contribution < 1.29 is 9.59 Å². The highest BCUT2D eigenvalue weighted by Gasteiger charge is 2.11. The molecule has 0 fully saturated rings. The molecule has 9 heteroatoms. The summed E-state index contributed by atoms with van der Waals surface area (Å²) in [5.74, 6) is 0.261. The Labute approximate surface area is 166 Å². The summed E-state index contributed by atoms with van der Waals surface area (Å²) >= 11 is 1.23. The van der Waals surface area contributed by atoms with Crippen molar-refractivity contribution in [1.29, 1.82) is 0 Å². The molecule has 3 aromatic rings. The van der Waals surface area contributed by atoms with Gasteiger partial charge in [0.25, 0.3) is 0 Å². The van der Waals surface area contributed by atoms with E-state index in [-0.39, 0.29) is 5.91 Å². The van der Waals surface area contributed by atoms with Crippen LogP contribution in [0.1, 0.15) is 20.3 Å². The van der Waals surface area contributed by atoms with E-state index in [9.17, 15) is 9.59 Å². The molecule has 0 aliphatic rings.